The zero-order valence-corrected chi connectivity index (χ0v) is 18.3. The molecule has 0 aromatic rings. The molecule has 9 aliphatic rings. The third kappa shape index (κ3) is 1.65. The topological polar surface area (TPSA) is 96.3 Å². The highest BCUT2D eigenvalue weighted by Crippen LogP contribution is 2.88. The van der Waals surface area contributed by atoms with Crippen LogP contribution < -0.4 is 0 Å². The maximum atomic E-state index is 12.6. The fourth-order valence-electron chi connectivity index (χ4n) is 11.3. The van der Waals surface area contributed by atoms with E-state index in [2.05, 4.69) is 18.4 Å². The lowest BCUT2D eigenvalue weighted by atomic mass is 9.39. The van der Waals surface area contributed by atoms with Crippen LogP contribution in [0.25, 0.3) is 0 Å². The predicted molar refractivity (Wildman–Crippen MR) is 107 cm³/mol. The van der Waals surface area contributed by atoms with E-state index in [-0.39, 0.29) is 34.9 Å². The van der Waals surface area contributed by atoms with Gasteiger partial charge in [0.25, 0.3) is 0 Å². The first kappa shape index (κ1) is 19.1. The predicted octanol–water partition coefficient (Wildman–Crippen LogP) is 1.02. The van der Waals surface area contributed by atoms with E-state index in [1.807, 2.05) is 0 Å². The first-order chi connectivity index (χ1) is 14.5. The van der Waals surface area contributed by atoms with Crippen LogP contribution in [0.5, 0.6) is 0 Å². The molecule has 0 aromatic heterocycles. The normalized spacial score (nSPS) is 63.5. The van der Waals surface area contributed by atoms with E-state index in [1.54, 1.807) is 0 Å². The van der Waals surface area contributed by atoms with E-state index >= 15 is 0 Å². The van der Waals surface area contributed by atoms with Crippen molar-refractivity contribution in [2.24, 2.45) is 34.0 Å². The molecule has 0 radical (unpaired) electrons. The lowest BCUT2D eigenvalue weighted by Crippen LogP contribution is -2.77. The van der Waals surface area contributed by atoms with Gasteiger partial charge in [0.15, 0.2) is 0 Å². The summed E-state index contributed by atoms with van der Waals surface area (Å²) in [6.07, 6.45) is 1.30. The van der Waals surface area contributed by atoms with Crippen LogP contribution in [0.3, 0.4) is 0 Å². The Morgan fingerprint density at radius 2 is 1.84 bits per heavy atom. The van der Waals surface area contributed by atoms with Crippen LogP contribution >= 0.6 is 0 Å². The van der Waals surface area contributed by atoms with Gasteiger partial charge in [-0.3, -0.25) is 14.5 Å². The van der Waals surface area contributed by atoms with Crippen LogP contribution in [0.4, 0.5) is 0 Å². The molecule has 6 saturated carbocycles. The molecule has 7 nitrogen and oxygen atoms in total. The average molecular weight is 430 g/mol. The summed E-state index contributed by atoms with van der Waals surface area (Å²) >= 11 is 0. The van der Waals surface area contributed by atoms with Gasteiger partial charge in [0.1, 0.15) is 17.8 Å². The molecule has 7 heteroatoms. The zero-order valence-electron chi connectivity index (χ0n) is 18.3. The quantitative estimate of drug-likeness (QED) is 0.500. The second-order valence-electron chi connectivity index (χ2n) is 12.1. The standard InChI is InChI=1S/C24H31NO6/c1-10-5-22-8-14-17-21(4)6-13(30-11(2)26)7-23(17)18(22)16(28)15(10)19(31-12(3)27)24(22,29)20(23)25(14)9-21/h13-20,28-29H,1,5-9H2,2-4H3/t13-,14-,15+,16+,17+,18+,19+,20-,21+,22+,23-,24-/m0/s1. The van der Waals surface area contributed by atoms with Crippen LogP contribution in [-0.2, 0) is 19.1 Å². The Morgan fingerprint density at radius 3 is 2.52 bits per heavy atom. The molecule has 9 rings (SSSR count). The molecule has 1 unspecified atom stereocenters. The summed E-state index contributed by atoms with van der Waals surface area (Å²) in [6, 6.07) is 0.176. The summed E-state index contributed by atoms with van der Waals surface area (Å²) < 4.78 is 11.6. The third-order valence-electron chi connectivity index (χ3n) is 10.9. The maximum absolute atomic E-state index is 12.6. The van der Waals surface area contributed by atoms with Crippen LogP contribution in [0.1, 0.15) is 46.5 Å². The van der Waals surface area contributed by atoms with Gasteiger partial charge in [-0.25, -0.2) is 0 Å². The van der Waals surface area contributed by atoms with Crippen molar-refractivity contribution in [1.82, 2.24) is 4.90 Å². The second kappa shape index (κ2) is 5.05. The first-order valence-corrected chi connectivity index (χ1v) is 11.7. The summed E-state index contributed by atoms with van der Waals surface area (Å²) in [5, 5.41) is 24.4. The molecular formula is C24H31NO6. The second-order valence-corrected chi connectivity index (χ2v) is 12.1. The molecule has 0 aromatic carbocycles. The number of carbonyl (C=O) groups is 2. The van der Waals surface area contributed by atoms with Gasteiger partial charge in [0, 0.05) is 55.1 Å². The van der Waals surface area contributed by atoms with Gasteiger partial charge in [-0.1, -0.05) is 19.1 Å². The highest BCUT2D eigenvalue weighted by atomic mass is 16.6. The van der Waals surface area contributed by atoms with Crippen LogP contribution in [0.15, 0.2) is 12.2 Å². The fourth-order valence-corrected chi connectivity index (χ4v) is 11.3. The maximum Gasteiger partial charge on any atom is 0.303 e. The third-order valence-corrected chi connectivity index (χ3v) is 10.9. The Bertz CT molecular complexity index is 966. The summed E-state index contributed by atoms with van der Waals surface area (Å²) in [5.74, 6) is -0.896. The largest absolute Gasteiger partial charge is 0.463 e. The number of esters is 2. The van der Waals surface area contributed by atoms with E-state index in [4.69, 9.17) is 9.47 Å². The van der Waals surface area contributed by atoms with Crippen molar-refractivity contribution >= 4 is 11.9 Å². The van der Waals surface area contributed by atoms with E-state index in [9.17, 15) is 19.8 Å². The first-order valence-electron chi connectivity index (χ1n) is 11.7. The van der Waals surface area contributed by atoms with Crippen molar-refractivity contribution in [2.45, 2.75) is 82.5 Å². The number of carbonyl (C=O) groups excluding carboxylic acids is 2. The minimum absolute atomic E-state index is 0.0120. The monoisotopic (exact) mass is 429 g/mol. The SMILES string of the molecule is C=C1C[C@@]23C[C@H]4[C@@H]5[C@]6(C)C[C@H](OC(C)=O)C[C@@]57[C@@H]2[C@H](O)[C@@H]1[C@@H](OC(C)=O)[C@]3(O)[C@H]7N4C6. The molecule has 9 fully saturated rings. The molecule has 13 atom stereocenters. The molecule has 31 heavy (non-hydrogen) atoms. The van der Waals surface area contributed by atoms with Crippen LogP contribution in [0, 0.1) is 34.0 Å². The Morgan fingerprint density at radius 1 is 1.13 bits per heavy atom. The average Bonchev–Trinajstić information content (AvgIpc) is 3.03. The molecule has 9 bridgehead atoms. The van der Waals surface area contributed by atoms with Gasteiger partial charge < -0.3 is 19.7 Å². The van der Waals surface area contributed by atoms with Gasteiger partial charge in [0.2, 0.25) is 0 Å². The highest BCUT2D eigenvalue weighted by molar-refractivity contribution is 5.67. The van der Waals surface area contributed by atoms with Gasteiger partial charge >= 0.3 is 11.9 Å². The summed E-state index contributed by atoms with van der Waals surface area (Å²) in [6.45, 7) is 10.3. The number of aliphatic hydroxyl groups excluding tert-OH is 1. The molecule has 0 amide bonds. The molecule has 2 N–H and O–H groups in total. The van der Waals surface area contributed by atoms with E-state index in [1.165, 1.54) is 13.8 Å². The van der Waals surface area contributed by atoms with Crippen LogP contribution in [-0.4, -0.2) is 69.6 Å². The number of rotatable bonds is 2. The van der Waals surface area contributed by atoms with E-state index < -0.39 is 35.1 Å². The lowest BCUT2D eigenvalue weighted by Gasteiger charge is -2.68. The van der Waals surface area contributed by atoms with Crippen molar-refractivity contribution in [3.63, 3.8) is 0 Å². The molecule has 168 valence electrons. The molecule has 3 heterocycles. The van der Waals surface area contributed by atoms with Gasteiger partial charge in [-0.05, 0) is 37.0 Å². The molecule has 3 aliphatic heterocycles. The number of ether oxygens (including phenoxy) is 2. The van der Waals surface area contributed by atoms with Crippen molar-refractivity contribution in [3.8, 4) is 0 Å². The summed E-state index contributed by atoms with van der Waals surface area (Å²) in [4.78, 5) is 26.5. The molecule has 2 spiro atoms. The van der Waals surface area contributed by atoms with E-state index in [0.717, 1.165) is 25.0 Å². The molecular weight excluding hydrogens is 398 g/mol. The number of hydrogen-bond donors (Lipinski definition) is 2. The molecule has 3 saturated heterocycles. The molecule has 6 aliphatic carbocycles. The fraction of sp³-hybridized carbons (Fsp3) is 0.833. The zero-order chi connectivity index (χ0) is 21.9. The van der Waals surface area contributed by atoms with Gasteiger partial charge in [0.05, 0.1) is 6.10 Å². The lowest BCUT2D eigenvalue weighted by molar-refractivity contribution is -0.284. The van der Waals surface area contributed by atoms with Gasteiger partial charge in [-0.2, -0.15) is 0 Å². The smallest absolute Gasteiger partial charge is 0.303 e. The summed E-state index contributed by atoms with van der Waals surface area (Å²) in [7, 11) is 0. The van der Waals surface area contributed by atoms with Crippen molar-refractivity contribution in [1.29, 1.82) is 0 Å². The van der Waals surface area contributed by atoms with E-state index in [0.29, 0.717) is 24.8 Å². The van der Waals surface area contributed by atoms with Crippen molar-refractivity contribution in [3.05, 3.63) is 12.2 Å². The Hall–Kier alpha value is -1.44. The number of fused-ring (bicyclic) bond motifs is 1. The van der Waals surface area contributed by atoms with Crippen molar-refractivity contribution in [2.75, 3.05) is 6.54 Å². The minimum atomic E-state index is -1.21. The Kier molecular flexibility index (Phi) is 3.10. The van der Waals surface area contributed by atoms with Crippen molar-refractivity contribution < 1.29 is 29.3 Å². The number of hydrogen-bond acceptors (Lipinski definition) is 7. The summed E-state index contributed by atoms with van der Waals surface area (Å²) in [5.41, 5.74) is -1.20. The Labute approximate surface area is 181 Å². The highest BCUT2D eigenvalue weighted by Gasteiger charge is 2.95. The number of piperidine rings is 2. The number of nitrogens with zero attached hydrogens (tertiary/aromatic N) is 1. The van der Waals surface area contributed by atoms with Gasteiger partial charge in [-0.15, -0.1) is 0 Å². The minimum Gasteiger partial charge on any atom is -0.463 e. The van der Waals surface area contributed by atoms with Crippen LogP contribution in [0.2, 0.25) is 0 Å². The number of aliphatic hydroxyl groups is 2. The Balaban J connectivity index is 1.47.